The molecule has 0 aromatic heterocycles. The van der Waals surface area contributed by atoms with Crippen molar-refractivity contribution >= 4 is 24.1 Å². The van der Waals surface area contributed by atoms with Gasteiger partial charge in [0.25, 0.3) is 0 Å². The Hall–Kier alpha value is -3.04. The number of nitrogens with two attached hydrogens (primary N) is 2. The standard InChI is InChI=1S/C21H34N2O8/c1-13(2)16(24)29-15(30-17(25)14(3)4)12-21(7,20(5,6)31-19(23)27)10-8-9-11-28-18(22)26/h15H,1,3,8-12H2,2,4-7H3,(H2,22,26)(H2,23,27). The topological polar surface area (TPSA) is 157 Å². The van der Waals surface area contributed by atoms with Crippen LogP contribution in [0.15, 0.2) is 24.3 Å². The van der Waals surface area contributed by atoms with Crippen molar-refractivity contribution in [1.82, 2.24) is 0 Å². The van der Waals surface area contributed by atoms with Crippen LogP contribution in [0.4, 0.5) is 9.59 Å². The lowest BCUT2D eigenvalue weighted by molar-refractivity contribution is -0.195. The van der Waals surface area contributed by atoms with Gasteiger partial charge >= 0.3 is 24.1 Å². The highest BCUT2D eigenvalue weighted by Crippen LogP contribution is 2.43. The predicted molar refractivity (Wildman–Crippen MR) is 112 cm³/mol. The minimum atomic E-state index is -1.30. The number of carbonyl (C=O) groups excluding carboxylic acids is 4. The molecular weight excluding hydrogens is 408 g/mol. The van der Waals surface area contributed by atoms with Gasteiger partial charge in [-0.15, -0.1) is 0 Å². The van der Waals surface area contributed by atoms with E-state index in [0.29, 0.717) is 19.3 Å². The van der Waals surface area contributed by atoms with Crippen molar-refractivity contribution in [1.29, 1.82) is 0 Å². The van der Waals surface area contributed by atoms with Crippen LogP contribution in [-0.4, -0.2) is 42.6 Å². The second-order valence-electron chi connectivity index (χ2n) is 8.12. The molecule has 176 valence electrons. The lowest BCUT2D eigenvalue weighted by Gasteiger charge is -2.44. The summed E-state index contributed by atoms with van der Waals surface area (Å²) in [5, 5.41) is 0. The zero-order chi connectivity index (χ0) is 24.4. The molecule has 1 atom stereocenters. The van der Waals surface area contributed by atoms with Crippen molar-refractivity contribution < 1.29 is 38.1 Å². The van der Waals surface area contributed by atoms with Crippen LogP contribution >= 0.6 is 0 Å². The fraction of sp³-hybridized carbons (Fsp3) is 0.619. The Morgan fingerprint density at radius 3 is 1.74 bits per heavy atom. The molecule has 0 aliphatic heterocycles. The van der Waals surface area contributed by atoms with Crippen molar-refractivity contribution in [3.8, 4) is 0 Å². The molecule has 31 heavy (non-hydrogen) atoms. The highest BCUT2D eigenvalue weighted by molar-refractivity contribution is 5.88. The Balaban J connectivity index is 5.71. The van der Waals surface area contributed by atoms with Crippen molar-refractivity contribution in [2.24, 2.45) is 16.9 Å². The molecule has 0 saturated heterocycles. The van der Waals surface area contributed by atoms with Crippen LogP contribution in [0.1, 0.15) is 60.3 Å². The zero-order valence-electron chi connectivity index (χ0n) is 18.9. The second-order valence-corrected chi connectivity index (χ2v) is 8.12. The molecule has 0 rings (SSSR count). The summed E-state index contributed by atoms with van der Waals surface area (Å²) < 4.78 is 20.7. The maximum atomic E-state index is 12.1. The number of hydrogen-bond acceptors (Lipinski definition) is 8. The minimum absolute atomic E-state index is 0.0119. The largest absolute Gasteiger partial charge is 0.450 e. The number of ether oxygens (including phenoxy) is 4. The molecule has 1 unspecified atom stereocenters. The maximum Gasteiger partial charge on any atom is 0.405 e. The zero-order valence-corrected chi connectivity index (χ0v) is 18.9. The fourth-order valence-electron chi connectivity index (χ4n) is 2.73. The summed E-state index contributed by atoms with van der Waals surface area (Å²) in [6, 6.07) is 0. The Kier molecular flexibility index (Phi) is 10.8. The van der Waals surface area contributed by atoms with E-state index in [1.54, 1.807) is 20.8 Å². The molecule has 0 aliphatic rings. The van der Waals surface area contributed by atoms with Crippen LogP contribution in [0, 0.1) is 5.41 Å². The third kappa shape index (κ3) is 10.0. The van der Waals surface area contributed by atoms with Crippen molar-refractivity contribution in [2.45, 2.75) is 72.2 Å². The second kappa shape index (κ2) is 12.0. The van der Waals surface area contributed by atoms with Crippen LogP contribution in [0.3, 0.4) is 0 Å². The van der Waals surface area contributed by atoms with Crippen LogP contribution in [-0.2, 0) is 28.5 Å². The van der Waals surface area contributed by atoms with Gasteiger partial charge in [-0.1, -0.05) is 20.1 Å². The van der Waals surface area contributed by atoms with Crippen LogP contribution < -0.4 is 11.5 Å². The summed E-state index contributed by atoms with van der Waals surface area (Å²) in [4.78, 5) is 46.3. The lowest BCUT2D eigenvalue weighted by atomic mass is 9.69. The van der Waals surface area contributed by atoms with Gasteiger partial charge in [0.15, 0.2) is 0 Å². The molecule has 0 spiro atoms. The van der Waals surface area contributed by atoms with E-state index in [2.05, 4.69) is 13.2 Å². The summed E-state index contributed by atoms with van der Waals surface area (Å²) in [5.74, 6) is -1.49. The molecule has 0 aromatic carbocycles. The van der Waals surface area contributed by atoms with Gasteiger partial charge in [0.1, 0.15) is 5.60 Å². The quantitative estimate of drug-likeness (QED) is 0.145. The Morgan fingerprint density at radius 2 is 1.35 bits per heavy atom. The number of amides is 2. The number of unbranched alkanes of at least 4 members (excludes halogenated alkanes) is 1. The Bertz CT molecular complexity index is 688. The molecule has 0 bridgehead atoms. The SMILES string of the molecule is C=C(C)C(=O)OC(CC(C)(CCCCOC(N)=O)C(C)(C)OC(N)=O)OC(=O)C(=C)C. The molecule has 0 aliphatic carbocycles. The van der Waals surface area contributed by atoms with E-state index in [0.717, 1.165) is 0 Å². The molecule has 0 saturated carbocycles. The van der Waals surface area contributed by atoms with Gasteiger partial charge in [-0.3, -0.25) is 0 Å². The molecule has 10 heteroatoms. The van der Waals surface area contributed by atoms with E-state index >= 15 is 0 Å². The van der Waals surface area contributed by atoms with Crippen molar-refractivity contribution in [3.63, 3.8) is 0 Å². The van der Waals surface area contributed by atoms with E-state index in [1.165, 1.54) is 13.8 Å². The summed E-state index contributed by atoms with van der Waals surface area (Å²) >= 11 is 0. The normalized spacial score (nSPS) is 13.0. The van der Waals surface area contributed by atoms with Gasteiger partial charge in [0.05, 0.1) is 6.61 Å². The first-order valence-electron chi connectivity index (χ1n) is 9.75. The van der Waals surface area contributed by atoms with Crippen LogP contribution in [0.2, 0.25) is 0 Å². The van der Waals surface area contributed by atoms with E-state index in [-0.39, 0.29) is 24.2 Å². The summed E-state index contributed by atoms with van der Waals surface area (Å²) in [7, 11) is 0. The number of carbonyl (C=O) groups is 4. The van der Waals surface area contributed by atoms with Gasteiger partial charge in [0, 0.05) is 23.0 Å². The highest BCUT2D eigenvalue weighted by Gasteiger charge is 2.46. The number of primary amides is 2. The first-order valence-corrected chi connectivity index (χ1v) is 9.75. The molecule has 10 nitrogen and oxygen atoms in total. The average Bonchev–Trinajstić information content (AvgIpc) is 2.59. The van der Waals surface area contributed by atoms with E-state index < -0.39 is 41.4 Å². The minimum Gasteiger partial charge on any atom is -0.450 e. The van der Waals surface area contributed by atoms with Crippen molar-refractivity contribution in [3.05, 3.63) is 24.3 Å². The van der Waals surface area contributed by atoms with Gasteiger partial charge in [0.2, 0.25) is 6.29 Å². The first-order chi connectivity index (χ1) is 14.1. The molecule has 0 heterocycles. The molecule has 0 radical (unpaired) electrons. The van der Waals surface area contributed by atoms with Gasteiger partial charge in [-0.25, -0.2) is 19.2 Å². The first kappa shape index (κ1) is 28.0. The van der Waals surface area contributed by atoms with Gasteiger partial charge in [-0.05, 0) is 47.0 Å². The molecule has 2 amide bonds. The summed E-state index contributed by atoms with van der Waals surface area (Å²) in [6.45, 7) is 15.1. The Labute approximate surface area is 182 Å². The molecular formula is C21H34N2O8. The third-order valence-corrected chi connectivity index (χ3v) is 4.97. The van der Waals surface area contributed by atoms with Crippen LogP contribution in [0.5, 0.6) is 0 Å². The van der Waals surface area contributed by atoms with E-state index in [4.69, 9.17) is 30.4 Å². The number of esters is 2. The average molecular weight is 443 g/mol. The predicted octanol–water partition coefficient (Wildman–Crippen LogP) is 3.09. The summed E-state index contributed by atoms with van der Waals surface area (Å²) in [6.07, 6.45) is -1.74. The number of rotatable bonds is 13. The van der Waals surface area contributed by atoms with E-state index in [9.17, 15) is 19.2 Å². The molecule has 4 N–H and O–H groups in total. The van der Waals surface area contributed by atoms with E-state index in [1.807, 2.05) is 0 Å². The monoisotopic (exact) mass is 442 g/mol. The van der Waals surface area contributed by atoms with Crippen LogP contribution in [0.25, 0.3) is 0 Å². The highest BCUT2D eigenvalue weighted by atomic mass is 16.7. The fourth-order valence-corrected chi connectivity index (χ4v) is 2.73. The van der Waals surface area contributed by atoms with Gasteiger partial charge < -0.3 is 30.4 Å². The third-order valence-electron chi connectivity index (χ3n) is 4.97. The molecule has 0 aromatic rings. The lowest BCUT2D eigenvalue weighted by Crippen LogP contribution is -2.49. The summed E-state index contributed by atoms with van der Waals surface area (Å²) in [5.41, 5.74) is 8.41. The Morgan fingerprint density at radius 1 is 0.871 bits per heavy atom. The van der Waals surface area contributed by atoms with Crippen molar-refractivity contribution in [2.75, 3.05) is 6.61 Å². The van der Waals surface area contributed by atoms with Gasteiger partial charge in [-0.2, -0.15) is 0 Å². The smallest absolute Gasteiger partial charge is 0.405 e. The maximum absolute atomic E-state index is 12.1. The number of hydrogen-bond donors (Lipinski definition) is 2. The molecule has 0 fully saturated rings.